The topological polar surface area (TPSA) is 85.5 Å². The number of nitrogens with zero attached hydrogens (tertiary/aromatic N) is 2. The highest BCUT2D eigenvalue weighted by molar-refractivity contribution is 5.40. The van der Waals surface area contributed by atoms with Gasteiger partial charge in [0.15, 0.2) is 0 Å². The quantitative estimate of drug-likeness (QED) is 0.500. The molecule has 1 saturated heterocycles. The molecule has 1 N–H and O–H groups in total. The third-order valence-electron chi connectivity index (χ3n) is 3.87. The predicted molar refractivity (Wildman–Crippen MR) is 66.4 cm³/mol. The lowest BCUT2D eigenvalue weighted by atomic mass is 9.91. The second-order valence-electron chi connectivity index (χ2n) is 5.07. The van der Waals surface area contributed by atoms with E-state index in [9.17, 15) is 15.2 Å². The summed E-state index contributed by atoms with van der Waals surface area (Å²) in [6.45, 7) is 3.87. The first-order chi connectivity index (χ1) is 9.03. The fourth-order valence-electron chi connectivity index (χ4n) is 2.61. The second-order valence-corrected chi connectivity index (χ2v) is 5.07. The molecule has 1 aliphatic heterocycles. The third-order valence-corrected chi connectivity index (χ3v) is 3.87. The van der Waals surface area contributed by atoms with Gasteiger partial charge in [-0.3, -0.25) is 15.1 Å². The molecule has 100 valence electrons. The third kappa shape index (κ3) is 1.93. The minimum absolute atomic E-state index is 0.0667. The van der Waals surface area contributed by atoms with Crippen molar-refractivity contribution in [2.24, 2.45) is 0 Å². The molecule has 2 fully saturated rings. The van der Waals surface area contributed by atoms with Gasteiger partial charge in [0, 0.05) is 12.6 Å². The van der Waals surface area contributed by atoms with E-state index in [0.29, 0.717) is 17.6 Å². The lowest BCUT2D eigenvalue weighted by Gasteiger charge is -2.35. The Hall–Kier alpha value is -1.79. The average molecular weight is 262 g/mol. The molecule has 0 bridgehead atoms. The van der Waals surface area contributed by atoms with E-state index in [1.807, 2.05) is 0 Å². The van der Waals surface area contributed by atoms with Gasteiger partial charge >= 0.3 is 0 Å². The summed E-state index contributed by atoms with van der Waals surface area (Å²) in [4.78, 5) is 14.3. The number of pyridine rings is 1. The van der Waals surface area contributed by atoms with Crippen LogP contribution < -0.4 is 0 Å². The fraction of sp³-hybridized carbons (Fsp3) is 0.462. The number of aromatic nitrogens is 1. The predicted octanol–water partition coefficient (Wildman–Crippen LogP) is 1.90. The largest absolute Gasteiger partial charge is 0.389 e. The van der Waals surface area contributed by atoms with Gasteiger partial charge in [0.25, 0.3) is 5.69 Å². The van der Waals surface area contributed by atoms with E-state index >= 15 is 0 Å². The smallest absolute Gasteiger partial charge is 0.293 e. The second kappa shape index (κ2) is 4.11. The monoisotopic (exact) mass is 262 g/mol. The van der Waals surface area contributed by atoms with Crippen molar-refractivity contribution in [3.05, 3.63) is 46.3 Å². The molecular formula is C13H14N2O4. The zero-order chi connectivity index (χ0) is 13.6. The SMILES string of the molecule is C=C1[C@H](O)C[C@H](c2ccncc2[N+](=O)[O-])OC12CC2. The first-order valence-electron chi connectivity index (χ1n) is 6.17. The summed E-state index contributed by atoms with van der Waals surface area (Å²) in [5.74, 6) is 0. The van der Waals surface area contributed by atoms with Gasteiger partial charge in [-0.2, -0.15) is 0 Å². The Bertz CT molecular complexity index is 553. The minimum Gasteiger partial charge on any atom is -0.389 e. The van der Waals surface area contributed by atoms with Gasteiger partial charge in [0.05, 0.1) is 28.3 Å². The molecule has 0 aromatic carbocycles. The van der Waals surface area contributed by atoms with Crippen LogP contribution in [0.3, 0.4) is 0 Å². The molecule has 1 spiro atoms. The van der Waals surface area contributed by atoms with Crippen LogP contribution in [0.2, 0.25) is 0 Å². The van der Waals surface area contributed by atoms with Crippen LogP contribution in [0.15, 0.2) is 30.6 Å². The molecule has 1 aromatic heterocycles. The van der Waals surface area contributed by atoms with Crippen LogP contribution in [0.25, 0.3) is 0 Å². The van der Waals surface area contributed by atoms with Crippen molar-refractivity contribution >= 4 is 5.69 Å². The normalized spacial score (nSPS) is 28.4. The van der Waals surface area contributed by atoms with Gasteiger partial charge in [-0.25, -0.2) is 0 Å². The van der Waals surface area contributed by atoms with Crippen molar-refractivity contribution in [1.82, 2.24) is 4.98 Å². The number of hydrogen-bond acceptors (Lipinski definition) is 5. The molecular weight excluding hydrogens is 248 g/mol. The molecule has 0 amide bonds. The molecule has 1 saturated carbocycles. The van der Waals surface area contributed by atoms with Crippen LogP contribution in [0.1, 0.15) is 30.9 Å². The highest BCUT2D eigenvalue weighted by Crippen LogP contribution is 2.54. The molecule has 6 nitrogen and oxygen atoms in total. The number of aliphatic hydroxyl groups excluding tert-OH is 1. The maximum atomic E-state index is 11.0. The van der Waals surface area contributed by atoms with Crippen LogP contribution in [0.5, 0.6) is 0 Å². The van der Waals surface area contributed by atoms with Gasteiger partial charge < -0.3 is 9.84 Å². The fourth-order valence-corrected chi connectivity index (χ4v) is 2.61. The van der Waals surface area contributed by atoms with E-state index in [4.69, 9.17) is 4.74 Å². The molecule has 2 aliphatic rings. The summed E-state index contributed by atoms with van der Waals surface area (Å²) in [6, 6.07) is 1.58. The van der Waals surface area contributed by atoms with E-state index in [1.165, 1.54) is 12.4 Å². The lowest BCUT2D eigenvalue weighted by Crippen LogP contribution is -2.35. The van der Waals surface area contributed by atoms with Gasteiger partial charge in [-0.05, 0) is 24.5 Å². The van der Waals surface area contributed by atoms with E-state index in [-0.39, 0.29) is 5.69 Å². The Morgan fingerprint density at radius 2 is 2.32 bits per heavy atom. The van der Waals surface area contributed by atoms with Crippen molar-refractivity contribution in [2.45, 2.75) is 37.1 Å². The Morgan fingerprint density at radius 1 is 1.58 bits per heavy atom. The Kier molecular flexibility index (Phi) is 2.65. The molecule has 19 heavy (non-hydrogen) atoms. The Balaban J connectivity index is 1.95. The van der Waals surface area contributed by atoms with E-state index in [1.54, 1.807) is 6.07 Å². The van der Waals surface area contributed by atoms with Crippen LogP contribution in [-0.2, 0) is 4.74 Å². The van der Waals surface area contributed by atoms with Crippen LogP contribution in [-0.4, -0.2) is 26.7 Å². The summed E-state index contributed by atoms with van der Waals surface area (Å²) < 4.78 is 5.95. The molecule has 0 radical (unpaired) electrons. The number of aliphatic hydroxyl groups is 1. The molecule has 1 aromatic rings. The van der Waals surface area contributed by atoms with Gasteiger partial charge in [0.1, 0.15) is 6.20 Å². The molecule has 2 atom stereocenters. The van der Waals surface area contributed by atoms with Crippen LogP contribution in [0.4, 0.5) is 5.69 Å². The standard InChI is InChI=1S/C13H14N2O4/c1-8-11(16)6-12(19-13(8)3-4-13)9-2-5-14-7-10(9)15(17)18/h2,5,7,11-12,16H,1,3-4,6H2/t11-,12-/m1/s1. The average Bonchev–Trinajstić information content (AvgIpc) is 3.16. The van der Waals surface area contributed by atoms with Crippen molar-refractivity contribution in [3.63, 3.8) is 0 Å². The zero-order valence-electron chi connectivity index (χ0n) is 10.3. The first-order valence-corrected chi connectivity index (χ1v) is 6.17. The molecule has 0 unspecified atom stereocenters. The summed E-state index contributed by atoms with van der Waals surface area (Å²) >= 11 is 0. The number of hydrogen-bond donors (Lipinski definition) is 1. The van der Waals surface area contributed by atoms with Crippen LogP contribution in [0, 0.1) is 10.1 Å². The van der Waals surface area contributed by atoms with Crippen molar-refractivity contribution < 1.29 is 14.8 Å². The molecule has 2 heterocycles. The van der Waals surface area contributed by atoms with Crippen molar-refractivity contribution in [1.29, 1.82) is 0 Å². The summed E-state index contributed by atoms with van der Waals surface area (Å²) in [5, 5.41) is 21.1. The number of rotatable bonds is 2. The number of nitro groups is 1. The lowest BCUT2D eigenvalue weighted by molar-refractivity contribution is -0.386. The molecule has 3 rings (SSSR count). The maximum Gasteiger partial charge on any atom is 0.293 e. The van der Waals surface area contributed by atoms with E-state index < -0.39 is 22.7 Å². The highest BCUT2D eigenvalue weighted by atomic mass is 16.6. The van der Waals surface area contributed by atoms with Gasteiger partial charge in [0.2, 0.25) is 0 Å². The minimum atomic E-state index is -0.672. The molecule has 6 heteroatoms. The summed E-state index contributed by atoms with van der Waals surface area (Å²) in [5.41, 5.74) is 0.626. The zero-order valence-corrected chi connectivity index (χ0v) is 10.3. The summed E-state index contributed by atoms with van der Waals surface area (Å²) in [6.07, 6.45) is 3.50. The van der Waals surface area contributed by atoms with E-state index in [0.717, 1.165) is 12.8 Å². The first kappa shape index (κ1) is 12.3. The van der Waals surface area contributed by atoms with Gasteiger partial charge in [-0.15, -0.1) is 0 Å². The highest BCUT2D eigenvalue weighted by Gasteiger charge is 2.54. The number of ether oxygens (including phenoxy) is 1. The maximum absolute atomic E-state index is 11.0. The Morgan fingerprint density at radius 3 is 2.95 bits per heavy atom. The summed E-state index contributed by atoms with van der Waals surface area (Å²) in [7, 11) is 0. The van der Waals surface area contributed by atoms with Crippen molar-refractivity contribution in [3.8, 4) is 0 Å². The van der Waals surface area contributed by atoms with E-state index in [2.05, 4.69) is 11.6 Å². The molecule has 1 aliphatic carbocycles. The Labute approximate surface area is 109 Å². The van der Waals surface area contributed by atoms with Crippen molar-refractivity contribution in [2.75, 3.05) is 0 Å². The van der Waals surface area contributed by atoms with Gasteiger partial charge in [-0.1, -0.05) is 6.58 Å². The van der Waals surface area contributed by atoms with Crippen LogP contribution >= 0.6 is 0 Å².